The Morgan fingerprint density at radius 2 is 0.906 bits per heavy atom. The summed E-state index contributed by atoms with van der Waals surface area (Å²) < 4.78 is 2.10. The fraction of sp³-hybridized carbons (Fsp3) is 0.842. The van der Waals surface area contributed by atoms with Crippen molar-refractivity contribution in [2.45, 2.75) is 58.7 Å². The van der Waals surface area contributed by atoms with E-state index in [-0.39, 0.29) is 37.4 Å². The molecule has 182 valence electrons. The Bertz CT molecular complexity index is 584. The maximum Gasteiger partial charge on any atom is 0.234 e. The molecule has 3 fully saturated rings. The van der Waals surface area contributed by atoms with Crippen molar-refractivity contribution in [1.29, 1.82) is 0 Å². The topological polar surface area (TPSA) is 90.5 Å². The highest BCUT2D eigenvalue weighted by molar-refractivity contribution is 8.93. The molecule has 7 nitrogen and oxygen atoms in total. The molecule has 3 saturated heterocycles. The standard InChI is InChI=1S/C19H32N4O3S6/c24-14(20-8-3-1-5-17-27-28-17)11-23(13-16(26)22-10-7-19-31-32-19)12-15(25)21-9-4-2-6-18-29-30-18/h17-19H,1-13H2,(H,20,24)(H,21,25)(H,22,26). The minimum absolute atomic E-state index is 0.0536. The van der Waals surface area contributed by atoms with Crippen molar-refractivity contribution in [2.75, 3.05) is 39.3 Å². The lowest BCUT2D eigenvalue weighted by Crippen LogP contribution is -2.47. The molecule has 3 N–H and O–H groups in total. The molecule has 0 spiro atoms. The average Bonchev–Trinajstić information content (AvgIpc) is 3.60. The summed E-state index contributed by atoms with van der Waals surface area (Å²) in [6.07, 6.45) is 7.45. The smallest absolute Gasteiger partial charge is 0.234 e. The van der Waals surface area contributed by atoms with Crippen molar-refractivity contribution in [3.8, 4) is 0 Å². The molecular formula is C19H32N4O3S6. The van der Waals surface area contributed by atoms with Gasteiger partial charge in [-0.1, -0.05) is 64.8 Å². The summed E-state index contributed by atoms with van der Waals surface area (Å²) in [5.41, 5.74) is 0. The molecule has 3 aliphatic rings. The number of nitrogens with one attached hydrogen (secondary N) is 3. The van der Waals surface area contributed by atoms with Crippen molar-refractivity contribution in [1.82, 2.24) is 20.9 Å². The van der Waals surface area contributed by atoms with Gasteiger partial charge in [-0.05, 0) is 44.9 Å². The zero-order chi connectivity index (χ0) is 22.6. The number of hydrogen-bond acceptors (Lipinski definition) is 10. The monoisotopic (exact) mass is 556 g/mol. The lowest BCUT2D eigenvalue weighted by molar-refractivity contribution is -0.127. The van der Waals surface area contributed by atoms with Crippen LogP contribution >= 0.6 is 64.8 Å². The second-order valence-corrected chi connectivity index (χ2v) is 16.8. The van der Waals surface area contributed by atoms with Gasteiger partial charge in [0.1, 0.15) is 0 Å². The molecule has 3 rings (SSSR count). The summed E-state index contributed by atoms with van der Waals surface area (Å²) in [5.74, 6) is -0.405. The fourth-order valence-corrected chi connectivity index (χ4v) is 7.16. The second kappa shape index (κ2) is 15.5. The number of carbonyl (C=O) groups excluding carboxylic acids is 3. The molecule has 3 aliphatic heterocycles. The van der Waals surface area contributed by atoms with Crippen molar-refractivity contribution in [3.63, 3.8) is 0 Å². The van der Waals surface area contributed by atoms with Gasteiger partial charge in [0.2, 0.25) is 17.7 Å². The summed E-state index contributed by atoms with van der Waals surface area (Å²) >= 11 is 0. The van der Waals surface area contributed by atoms with E-state index in [0.29, 0.717) is 24.2 Å². The Morgan fingerprint density at radius 3 is 1.31 bits per heavy atom. The summed E-state index contributed by atoms with van der Waals surface area (Å²) in [7, 11) is 11.3. The molecule has 3 amide bonds. The SMILES string of the molecule is O=C(CN(CC(=O)NCCCCC1SS1)CC(=O)NCCC1SS1)NCCCCC1SS1. The van der Waals surface area contributed by atoms with Crippen LogP contribution in [0.2, 0.25) is 0 Å². The number of rotatable bonds is 19. The minimum atomic E-state index is -0.139. The molecule has 0 radical (unpaired) electrons. The molecule has 0 aromatic carbocycles. The van der Waals surface area contributed by atoms with Crippen molar-refractivity contribution in [2.24, 2.45) is 0 Å². The summed E-state index contributed by atoms with van der Waals surface area (Å²) in [4.78, 5) is 38.7. The summed E-state index contributed by atoms with van der Waals surface area (Å²) in [6.45, 7) is 2.07. The Balaban J connectivity index is 1.31. The van der Waals surface area contributed by atoms with Crippen LogP contribution in [0.4, 0.5) is 0 Å². The first-order valence-electron chi connectivity index (χ1n) is 11.1. The van der Waals surface area contributed by atoms with Gasteiger partial charge < -0.3 is 16.0 Å². The lowest BCUT2D eigenvalue weighted by atomic mass is 10.2. The van der Waals surface area contributed by atoms with Crippen LogP contribution in [0.5, 0.6) is 0 Å². The van der Waals surface area contributed by atoms with Crippen LogP contribution < -0.4 is 16.0 Å². The van der Waals surface area contributed by atoms with Gasteiger partial charge in [0.15, 0.2) is 0 Å². The van der Waals surface area contributed by atoms with Gasteiger partial charge in [0, 0.05) is 19.6 Å². The van der Waals surface area contributed by atoms with Gasteiger partial charge in [-0.25, -0.2) is 0 Å². The first kappa shape index (κ1) is 27.1. The molecule has 0 aromatic heterocycles. The Kier molecular flexibility index (Phi) is 13.1. The Labute approximate surface area is 214 Å². The van der Waals surface area contributed by atoms with Crippen molar-refractivity contribution in [3.05, 3.63) is 0 Å². The molecule has 0 saturated carbocycles. The third kappa shape index (κ3) is 14.0. The van der Waals surface area contributed by atoms with Crippen LogP contribution in [0.1, 0.15) is 44.9 Å². The Morgan fingerprint density at radius 1 is 0.531 bits per heavy atom. The maximum absolute atomic E-state index is 12.4. The highest BCUT2D eigenvalue weighted by Crippen LogP contribution is 2.56. The first-order valence-corrected chi connectivity index (χ1v) is 17.9. The van der Waals surface area contributed by atoms with Crippen molar-refractivity contribution < 1.29 is 14.4 Å². The van der Waals surface area contributed by atoms with Gasteiger partial charge in [0.05, 0.1) is 33.4 Å². The van der Waals surface area contributed by atoms with Crippen LogP contribution in [0.15, 0.2) is 0 Å². The van der Waals surface area contributed by atoms with Crippen LogP contribution in [0.25, 0.3) is 0 Å². The van der Waals surface area contributed by atoms with Gasteiger partial charge >= 0.3 is 0 Å². The zero-order valence-electron chi connectivity index (χ0n) is 18.0. The normalized spacial score (nSPS) is 17.9. The second-order valence-electron chi connectivity index (χ2n) is 7.84. The van der Waals surface area contributed by atoms with E-state index in [9.17, 15) is 14.4 Å². The van der Waals surface area contributed by atoms with E-state index in [1.807, 2.05) is 64.8 Å². The molecule has 0 bridgehead atoms. The number of unbranched alkanes of at least 4 members (excludes halogenated alkanes) is 2. The fourth-order valence-electron chi connectivity index (χ4n) is 3.01. The highest BCUT2D eigenvalue weighted by Gasteiger charge is 2.25. The summed E-state index contributed by atoms with van der Waals surface area (Å²) in [6, 6.07) is 0. The quantitative estimate of drug-likeness (QED) is 0.125. The number of hydrogen-bond donors (Lipinski definition) is 3. The zero-order valence-corrected chi connectivity index (χ0v) is 22.9. The van der Waals surface area contributed by atoms with Crippen molar-refractivity contribution >= 4 is 82.5 Å². The van der Waals surface area contributed by atoms with Crippen LogP contribution in [0, 0.1) is 0 Å². The number of carbonyl (C=O) groups is 3. The lowest BCUT2D eigenvalue weighted by Gasteiger charge is -2.21. The predicted molar refractivity (Wildman–Crippen MR) is 145 cm³/mol. The van der Waals surface area contributed by atoms with Crippen LogP contribution in [-0.4, -0.2) is 75.6 Å². The highest BCUT2D eigenvalue weighted by atomic mass is 33.2. The van der Waals surface area contributed by atoms with Gasteiger partial charge in [-0.2, -0.15) is 0 Å². The minimum Gasteiger partial charge on any atom is -0.355 e. The number of amides is 3. The van der Waals surface area contributed by atoms with E-state index in [2.05, 4.69) is 16.0 Å². The molecule has 3 heterocycles. The molecule has 0 aromatic rings. The number of nitrogens with zero attached hydrogens (tertiary/aromatic N) is 1. The predicted octanol–water partition coefficient (Wildman–Crippen LogP) is 3.53. The van der Waals surface area contributed by atoms with E-state index >= 15 is 0 Å². The largest absolute Gasteiger partial charge is 0.355 e. The van der Waals surface area contributed by atoms with Gasteiger partial charge in [-0.3, -0.25) is 19.3 Å². The van der Waals surface area contributed by atoms with E-state index in [0.717, 1.165) is 41.3 Å². The van der Waals surface area contributed by atoms with Crippen LogP contribution in [-0.2, 0) is 14.4 Å². The molecule has 0 atom stereocenters. The van der Waals surface area contributed by atoms with E-state index < -0.39 is 0 Å². The third-order valence-corrected chi connectivity index (χ3v) is 11.9. The molecule has 32 heavy (non-hydrogen) atoms. The molecular weight excluding hydrogens is 525 g/mol. The molecule has 13 heteroatoms. The summed E-state index contributed by atoms with van der Waals surface area (Å²) in [5, 5.41) is 8.76. The van der Waals surface area contributed by atoms with E-state index in [1.54, 1.807) is 4.90 Å². The molecule has 0 unspecified atom stereocenters. The van der Waals surface area contributed by atoms with Gasteiger partial charge in [0.25, 0.3) is 0 Å². The average molecular weight is 557 g/mol. The maximum atomic E-state index is 12.4. The van der Waals surface area contributed by atoms with E-state index in [4.69, 9.17) is 0 Å². The first-order chi connectivity index (χ1) is 15.6. The van der Waals surface area contributed by atoms with Crippen LogP contribution in [0.3, 0.4) is 0 Å². The Hall–Kier alpha value is 0.470. The van der Waals surface area contributed by atoms with E-state index in [1.165, 1.54) is 12.8 Å². The van der Waals surface area contributed by atoms with Gasteiger partial charge in [-0.15, -0.1) is 0 Å². The third-order valence-electron chi connectivity index (χ3n) is 4.88. The molecule has 0 aliphatic carbocycles.